The molecule has 2 aromatic rings. The maximum absolute atomic E-state index is 12.0. The Morgan fingerprint density at radius 1 is 1.11 bits per heavy atom. The number of benzene rings is 1. The summed E-state index contributed by atoms with van der Waals surface area (Å²) in [6.45, 7) is 1.89. The molecule has 0 saturated heterocycles. The van der Waals surface area contributed by atoms with Crippen molar-refractivity contribution in [1.82, 2.24) is 9.97 Å². The number of hydrogen-bond acceptors (Lipinski definition) is 4. The van der Waals surface area contributed by atoms with Gasteiger partial charge in [0.05, 0.1) is 4.90 Å². The fourth-order valence-electron chi connectivity index (χ4n) is 1.26. The lowest BCUT2D eigenvalue weighted by molar-refractivity contribution is 0.601. The van der Waals surface area contributed by atoms with Crippen LogP contribution in [0.1, 0.15) is 5.56 Å². The van der Waals surface area contributed by atoms with Gasteiger partial charge in [0.1, 0.15) is 0 Å². The molecule has 1 aromatic carbocycles. The number of aryl methyl sites for hydroxylation is 1. The topological polar surface area (TPSA) is 72.0 Å². The molecule has 7 heteroatoms. The fourth-order valence-corrected chi connectivity index (χ4v) is 2.50. The van der Waals surface area contributed by atoms with E-state index < -0.39 is 10.0 Å². The van der Waals surface area contributed by atoms with Crippen LogP contribution in [-0.4, -0.2) is 18.4 Å². The first kappa shape index (κ1) is 13.2. The van der Waals surface area contributed by atoms with Gasteiger partial charge < -0.3 is 0 Å². The summed E-state index contributed by atoms with van der Waals surface area (Å²) in [5.74, 6) is 0.0657. The highest BCUT2D eigenvalue weighted by atomic mass is 127. The Hall–Kier alpha value is -1.22. The minimum atomic E-state index is -3.62. The van der Waals surface area contributed by atoms with Gasteiger partial charge in [-0.1, -0.05) is 17.7 Å². The van der Waals surface area contributed by atoms with E-state index in [2.05, 4.69) is 14.7 Å². The molecule has 0 aliphatic heterocycles. The first-order chi connectivity index (χ1) is 8.47. The van der Waals surface area contributed by atoms with Crippen molar-refractivity contribution in [2.45, 2.75) is 11.8 Å². The molecule has 0 unspecified atom stereocenters. The maximum atomic E-state index is 12.0. The molecule has 94 valence electrons. The number of nitrogens with zero attached hydrogens (tertiary/aromatic N) is 2. The van der Waals surface area contributed by atoms with Crippen molar-refractivity contribution in [3.05, 3.63) is 45.8 Å². The third kappa shape index (κ3) is 3.16. The molecule has 1 aromatic heterocycles. The average Bonchev–Trinajstić information content (AvgIpc) is 2.32. The van der Waals surface area contributed by atoms with Gasteiger partial charge in [-0.2, -0.15) is 0 Å². The van der Waals surface area contributed by atoms with E-state index in [0.29, 0.717) is 0 Å². The molecule has 0 aliphatic carbocycles. The van der Waals surface area contributed by atoms with Crippen LogP contribution in [0.3, 0.4) is 0 Å². The predicted molar refractivity (Wildman–Crippen MR) is 76.7 cm³/mol. The predicted octanol–water partition coefficient (Wildman–Crippen LogP) is 2.19. The van der Waals surface area contributed by atoms with Crippen molar-refractivity contribution in [3.63, 3.8) is 0 Å². The van der Waals surface area contributed by atoms with Gasteiger partial charge in [-0.05, 0) is 41.6 Å². The summed E-state index contributed by atoms with van der Waals surface area (Å²) in [5.41, 5.74) is 1.000. The van der Waals surface area contributed by atoms with Gasteiger partial charge in [-0.3, -0.25) is 0 Å². The van der Waals surface area contributed by atoms with E-state index in [1.54, 1.807) is 36.7 Å². The molecule has 0 amide bonds. The van der Waals surface area contributed by atoms with Crippen LogP contribution in [0.25, 0.3) is 0 Å². The van der Waals surface area contributed by atoms with Crippen LogP contribution in [0.2, 0.25) is 0 Å². The second-order valence-corrected chi connectivity index (χ2v) is 6.57. The van der Waals surface area contributed by atoms with E-state index in [4.69, 9.17) is 0 Å². The zero-order chi connectivity index (χ0) is 13.2. The van der Waals surface area contributed by atoms with Crippen LogP contribution in [0.5, 0.6) is 0 Å². The highest BCUT2D eigenvalue weighted by Crippen LogP contribution is 2.13. The molecular weight excluding hydrogens is 365 g/mol. The third-order valence-corrected chi connectivity index (χ3v) is 4.08. The third-order valence-electron chi connectivity index (χ3n) is 2.18. The zero-order valence-electron chi connectivity index (χ0n) is 9.46. The molecule has 0 fully saturated rings. The smallest absolute Gasteiger partial charge is 0.247 e. The van der Waals surface area contributed by atoms with Crippen LogP contribution in [0.4, 0.5) is 5.95 Å². The minimum absolute atomic E-state index is 0.0657. The molecular formula is C11H10IN3O2S. The first-order valence-electron chi connectivity index (χ1n) is 5.04. The number of halogens is 1. The summed E-state index contributed by atoms with van der Waals surface area (Å²) in [5, 5.41) is 0. The van der Waals surface area contributed by atoms with E-state index in [9.17, 15) is 8.42 Å². The van der Waals surface area contributed by atoms with Crippen molar-refractivity contribution in [3.8, 4) is 0 Å². The second kappa shape index (κ2) is 5.19. The molecule has 0 spiro atoms. The number of anilines is 1. The summed E-state index contributed by atoms with van der Waals surface area (Å²) in [7, 11) is -3.62. The van der Waals surface area contributed by atoms with Gasteiger partial charge >= 0.3 is 0 Å². The SMILES string of the molecule is Cc1ccc(S(=O)(=O)Nc2ncc(I)cn2)cc1. The van der Waals surface area contributed by atoms with Gasteiger partial charge in [0.2, 0.25) is 5.95 Å². The second-order valence-electron chi connectivity index (χ2n) is 3.64. The fraction of sp³-hybridized carbons (Fsp3) is 0.0909. The summed E-state index contributed by atoms with van der Waals surface area (Å²) >= 11 is 2.05. The number of hydrogen-bond donors (Lipinski definition) is 1. The Bertz CT molecular complexity index is 639. The van der Waals surface area contributed by atoms with Crippen molar-refractivity contribution in [1.29, 1.82) is 0 Å². The van der Waals surface area contributed by atoms with Gasteiger partial charge in [0.25, 0.3) is 10.0 Å². The Morgan fingerprint density at radius 3 is 2.22 bits per heavy atom. The van der Waals surface area contributed by atoms with Crippen molar-refractivity contribution < 1.29 is 8.42 Å². The normalized spacial score (nSPS) is 11.2. The molecule has 0 bridgehead atoms. The van der Waals surface area contributed by atoms with Gasteiger partial charge in [-0.15, -0.1) is 0 Å². The number of nitrogens with one attached hydrogen (secondary N) is 1. The maximum Gasteiger partial charge on any atom is 0.264 e. The Balaban J connectivity index is 2.27. The van der Waals surface area contributed by atoms with Crippen LogP contribution in [0, 0.1) is 10.5 Å². The Labute approximate surface area is 119 Å². The lowest BCUT2D eigenvalue weighted by atomic mass is 10.2. The molecule has 0 aliphatic rings. The van der Waals surface area contributed by atoms with E-state index in [1.807, 2.05) is 29.5 Å². The molecule has 18 heavy (non-hydrogen) atoms. The van der Waals surface area contributed by atoms with E-state index >= 15 is 0 Å². The summed E-state index contributed by atoms with van der Waals surface area (Å²) in [4.78, 5) is 7.99. The molecule has 1 heterocycles. The molecule has 0 atom stereocenters. The van der Waals surface area contributed by atoms with Crippen LogP contribution in [-0.2, 0) is 10.0 Å². The zero-order valence-corrected chi connectivity index (χ0v) is 12.4. The lowest BCUT2D eigenvalue weighted by Crippen LogP contribution is -2.14. The highest BCUT2D eigenvalue weighted by Gasteiger charge is 2.14. The van der Waals surface area contributed by atoms with Crippen LogP contribution >= 0.6 is 22.6 Å². The van der Waals surface area contributed by atoms with Gasteiger partial charge in [0.15, 0.2) is 0 Å². The number of aromatic nitrogens is 2. The van der Waals surface area contributed by atoms with Crippen molar-refractivity contribution >= 4 is 38.6 Å². The first-order valence-corrected chi connectivity index (χ1v) is 7.60. The standard InChI is InChI=1S/C11H10IN3O2S/c1-8-2-4-10(5-3-8)18(16,17)15-11-13-6-9(12)7-14-11/h2-7H,1H3,(H,13,14,15). The molecule has 0 saturated carbocycles. The molecule has 0 radical (unpaired) electrons. The van der Waals surface area contributed by atoms with Gasteiger partial charge in [-0.25, -0.2) is 23.1 Å². The van der Waals surface area contributed by atoms with Crippen molar-refractivity contribution in [2.24, 2.45) is 0 Å². The average molecular weight is 375 g/mol. The monoisotopic (exact) mass is 375 g/mol. The van der Waals surface area contributed by atoms with E-state index in [1.165, 1.54) is 0 Å². The quantitative estimate of drug-likeness (QED) is 0.835. The van der Waals surface area contributed by atoms with Crippen molar-refractivity contribution in [2.75, 3.05) is 4.72 Å². The summed E-state index contributed by atoms with van der Waals surface area (Å²) in [6.07, 6.45) is 3.08. The Morgan fingerprint density at radius 2 is 1.67 bits per heavy atom. The van der Waals surface area contributed by atoms with Crippen LogP contribution < -0.4 is 4.72 Å². The summed E-state index contributed by atoms with van der Waals surface area (Å²) < 4.78 is 27.2. The van der Waals surface area contributed by atoms with E-state index in [0.717, 1.165) is 9.13 Å². The molecule has 2 rings (SSSR count). The Kier molecular flexibility index (Phi) is 3.81. The number of sulfonamides is 1. The molecule has 1 N–H and O–H groups in total. The molecule has 5 nitrogen and oxygen atoms in total. The minimum Gasteiger partial charge on any atom is -0.247 e. The van der Waals surface area contributed by atoms with Crippen LogP contribution in [0.15, 0.2) is 41.6 Å². The van der Waals surface area contributed by atoms with E-state index in [-0.39, 0.29) is 10.8 Å². The lowest BCUT2D eigenvalue weighted by Gasteiger charge is -2.06. The summed E-state index contributed by atoms with van der Waals surface area (Å²) in [6, 6.07) is 6.57. The highest BCUT2D eigenvalue weighted by molar-refractivity contribution is 14.1. The largest absolute Gasteiger partial charge is 0.264 e. The number of rotatable bonds is 3. The van der Waals surface area contributed by atoms with Gasteiger partial charge in [0, 0.05) is 16.0 Å².